The number of benzene rings is 12. The van der Waals surface area contributed by atoms with Crippen LogP contribution in [0.3, 0.4) is 0 Å². The standard InChI is InChI=1S/C70H46N2O/c1-2-14-47(15-3-1)49-34-38-56(39-35-49)71(57-40-36-50(37-41-57)48-30-32-52(33-31-48)61-25-12-17-51-16-4-5-22-60(51)61)58-21-11-19-54(45-58)53-18-10-20-55(44-53)62-26-13-28-67-70(62)64-24-6-8-27-66(64)72(67)59-42-43-69-65(46-59)63-23-7-9-29-68(63)73-69/h1-46H. The third-order valence-electron chi connectivity index (χ3n) is 14.6. The van der Waals surface area contributed by atoms with E-state index in [1.807, 2.05) is 12.1 Å². The van der Waals surface area contributed by atoms with Gasteiger partial charge in [0.05, 0.1) is 11.0 Å². The molecule has 0 saturated heterocycles. The first-order chi connectivity index (χ1) is 36.2. The van der Waals surface area contributed by atoms with Gasteiger partial charge < -0.3 is 13.9 Å². The molecular formula is C70H46N2O. The van der Waals surface area contributed by atoms with Crippen molar-refractivity contribution in [2.24, 2.45) is 0 Å². The molecule has 0 N–H and O–H groups in total. The molecule has 342 valence electrons. The Bertz CT molecular complexity index is 4350. The first kappa shape index (κ1) is 42.2. The van der Waals surface area contributed by atoms with Gasteiger partial charge in [-0.25, -0.2) is 0 Å². The molecule has 0 radical (unpaired) electrons. The summed E-state index contributed by atoms with van der Waals surface area (Å²) in [6.45, 7) is 0. The van der Waals surface area contributed by atoms with Crippen molar-refractivity contribution in [2.45, 2.75) is 0 Å². The normalized spacial score (nSPS) is 11.6. The molecule has 0 amide bonds. The summed E-state index contributed by atoms with van der Waals surface area (Å²) in [5.41, 5.74) is 20.3. The molecule has 0 aliphatic rings. The molecule has 14 aromatic rings. The maximum absolute atomic E-state index is 6.24. The smallest absolute Gasteiger partial charge is 0.135 e. The van der Waals surface area contributed by atoms with E-state index in [1.165, 1.54) is 71.6 Å². The van der Waals surface area contributed by atoms with Crippen LogP contribution in [0.15, 0.2) is 283 Å². The van der Waals surface area contributed by atoms with Crippen molar-refractivity contribution in [2.75, 3.05) is 4.90 Å². The van der Waals surface area contributed by atoms with E-state index in [0.29, 0.717) is 0 Å². The van der Waals surface area contributed by atoms with E-state index in [0.717, 1.165) is 61.3 Å². The largest absolute Gasteiger partial charge is 0.456 e. The third-order valence-corrected chi connectivity index (χ3v) is 14.6. The zero-order chi connectivity index (χ0) is 48.2. The number of anilines is 3. The highest BCUT2D eigenvalue weighted by atomic mass is 16.3. The molecular weight excluding hydrogens is 885 g/mol. The summed E-state index contributed by atoms with van der Waals surface area (Å²) < 4.78 is 8.64. The summed E-state index contributed by atoms with van der Waals surface area (Å²) in [6, 6.07) is 101. The Morgan fingerprint density at radius 2 is 0.795 bits per heavy atom. The zero-order valence-corrected chi connectivity index (χ0v) is 39.9. The summed E-state index contributed by atoms with van der Waals surface area (Å²) in [6.07, 6.45) is 0. The van der Waals surface area contributed by atoms with E-state index in [4.69, 9.17) is 4.42 Å². The van der Waals surface area contributed by atoms with Gasteiger partial charge in [0.2, 0.25) is 0 Å². The zero-order valence-electron chi connectivity index (χ0n) is 39.9. The summed E-state index contributed by atoms with van der Waals surface area (Å²) in [7, 11) is 0. The van der Waals surface area contributed by atoms with Crippen LogP contribution in [-0.2, 0) is 0 Å². The molecule has 3 heteroatoms. The van der Waals surface area contributed by atoms with Crippen LogP contribution in [0.5, 0.6) is 0 Å². The molecule has 14 rings (SSSR count). The molecule has 0 bridgehead atoms. The van der Waals surface area contributed by atoms with E-state index in [2.05, 4.69) is 276 Å². The lowest BCUT2D eigenvalue weighted by Gasteiger charge is -2.26. The number of para-hydroxylation sites is 2. The monoisotopic (exact) mass is 930 g/mol. The number of fused-ring (bicyclic) bond motifs is 7. The predicted molar refractivity (Wildman–Crippen MR) is 307 cm³/mol. The van der Waals surface area contributed by atoms with Crippen molar-refractivity contribution in [1.29, 1.82) is 0 Å². The fourth-order valence-corrected chi connectivity index (χ4v) is 11.1. The van der Waals surface area contributed by atoms with Crippen LogP contribution in [0.25, 0.3) is 116 Å². The molecule has 0 atom stereocenters. The van der Waals surface area contributed by atoms with Crippen molar-refractivity contribution >= 4 is 71.6 Å². The Morgan fingerprint density at radius 1 is 0.274 bits per heavy atom. The highest BCUT2D eigenvalue weighted by molar-refractivity contribution is 6.16. The maximum atomic E-state index is 6.24. The van der Waals surface area contributed by atoms with Gasteiger partial charge in [0.1, 0.15) is 11.2 Å². The highest BCUT2D eigenvalue weighted by Crippen LogP contribution is 2.43. The van der Waals surface area contributed by atoms with Crippen LogP contribution >= 0.6 is 0 Å². The van der Waals surface area contributed by atoms with Gasteiger partial charge in [-0.2, -0.15) is 0 Å². The van der Waals surface area contributed by atoms with Crippen LogP contribution in [0, 0.1) is 0 Å². The SMILES string of the molecule is c1ccc(-c2ccc(N(c3ccc(-c4ccc(-c5cccc6ccccc56)cc4)cc3)c3cccc(-c4cccc(-c5cccc6c5c5ccccc5n6-c5ccc6oc7ccccc7c6c5)c4)c3)cc2)cc1. The van der Waals surface area contributed by atoms with Crippen molar-refractivity contribution in [3.8, 4) is 61.3 Å². The van der Waals surface area contributed by atoms with Gasteiger partial charge in [-0.3, -0.25) is 0 Å². The van der Waals surface area contributed by atoms with E-state index >= 15 is 0 Å². The molecule has 3 nitrogen and oxygen atoms in total. The van der Waals surface area contributed by atoms with Gasteiger partial charge >= 0.3 is 0 Å². The second-order valence-corrected chi connectivity index (χ2v) is 18.9. The van der Waals surface area contributed by atoms with Gasteiger partial charge in [0.25, 0.3) is 0 Å². The number of furan rings is 1. The number of hydrogen-bond acceptors (Lipinski definition) is 2. The van der Waals surface area contributed by atoms with Crippen LogP contribution in [-0.4, -0.2) is 4.57 Å². The van der Waals surface area contributed by atoms with Crippen molar-refractivity contribution in [3.63, 3.8) is 0 Å². The lowest BCUT2D eigenvalue weighted by atomic mass is 9.95. The Morgan fingerprint density at radius 3 is 1.58 bits per heavy atom. The van der Waals surface area contributed by atoms with E-state index in [1.54, 1.807) is 0 Å². The maximum Gasteiger partial charge on any atom is 0.135 e. The molecule has 73 heavy (non-hydrogen) atoms. The average molecular weight is 931 g/mol. The van der Waals surface area contributed by atoms with Gasteiger partial charge in [0.15, 0.2) is 0 Å². The lowest BCUT2D eigenvalue weighted by Crippen LogP contribution is -2.10. The van der Waals surface area contributed by atoms with Crippen LogP contribution in [0.2, 0.25) is 0 Å². The second-order valence-electron chi connectivity index (χ2n) is 18.9. The Kier molecular flexibility index (Phi) is 10.2. The van der Waals surface area contributed by atoms with E-state index < -0.39 is 0 Å². The molecule has 0 spiro atoms. The molecule has 0 saturated carbocycles. The van der Waals surface area contributed by atoms with Crippen LogP contribution < -0.4 is 4.90 Å². The minimum absolute atomic E-state index is 0.893. The Balaban J connectivity index is 0.831. The third kappa shape index (κ3) is 7.46. The molecule has 12 aromatic carbocycles. The minimum Gasteiger partial charge on any atom is -0.456 e. The van der Waals surface area contributed by atoms with Gasteiger partial charge in [-0.1, -0.05) is 200 Å². The Hall–Kier alpha value is -9.70. The number of rotatable bonds is 9. The predicted octanol–water partition coefficient (Wildman–Crippen LogP) is 19.6. The van der Waals surface area contributed by atoms with Crippen LogP contribution in [0.4, 0.5) is 17.1 Å². The fraction of sp³-hybridized carbons (Fsp3) is 0. The molecule has 0 aliphatic carbocycles. The molecule has 2 aromatic heterocycles. The summed E-state index contributed by atoms with van der Waals surface area (Å²) in [4.78, 5) is 2.37. The highest BCUT2D eigenvalue weighted by Gasteiger charge is 2.19. The summed E-state index contributed by atoms with van der Waals surface area (Å²) >= 11 is 0. The van der Waals surface area contributed by atoms with Gasteiger partial charge in [0, 0.05) is 44.3 Å². The first-order valence-electron chi connectivity index (χ1n) is 25.0. The fourth-order valence-electron chi connectivity index (χ4n) is 11.1. The minimum atomic E-state index is 0.893. The van der Waals surface area contributed by atoms with E-state index in [9.17, 15) is 0 Å². The topological polar surface area (TPSA) is 21.3 Å². The molecule has 2 heterocycles. The number of aromatic nitrogens is 1. The van der Waals surface area contributed by atoms with Crippen LogP contribution in [0.1, 0.15) is 0 Å². The van der Waals surface area contributed by atoms with Gasteiger partial charge in [-0.15, -0.1) is 0 Å². The van der Waals surface area contributed by atoms with Crippen molar-refractivity contribution in [3.05, 3.63) is 279 Å². The van der Waals surface area contributed by atoms with Crippen molar-refractivity contribution in [1.82, 2.24) is 4.57 Å². The second kappa shape index (κ2) is 17.6. The molecule has 0 aliphatic heterocycles. The summed E-state index contributed by atoms with van der Waals surface area (Å²) in [5, 5.41) is 7.21. The quantitative estimate of drug-likeness (QED) is 0.144. The Labute approximate surface area is 423 Å². The average Bonchev–Trinajstić information content (AvgIpc) is 4.02. The number of nitrogens with zero attached hydrogens (tertiary/aromatic N) is 2. The molecule has 0 unspecified atom stereocenters. The summed E-state index contributed by atoms with van der Waals surface area (Å²) in [5.74, 6) is 0. The molecule has 0 fully saturated rings. The van der Waals surface area contributed by atoms with Crippen molar-refractivity contribution < 1.29 is 4.42 Å². The number of hydrogen-bond donors (Lipinski definition) is 0. The lowest BCUT2D eigenvalue weighted by molar-refractivity contribution is 0.669. The van der Waals surface area contributed by atoms with Gasteiger partial charge in [-0.05, 0) is 145 Å². The van der Waals surface area contributed by atoms with E-state index in [-0.39, 0.29) is 0 Å². The first-order valence-corrected chi connectivity index (χ1v) is 25.0.